The van der Waals surface area contributed by atoms with Crippen LogP contribution in [0.25, 0.3) is 0 Å². The second-order valence-electron chi connectivity index (χ2n) is 7.08. The predicted molar refractivity (Wildman–Crippen MR) is 110 cm³/mol. The van der Waals surface area contributed by atoms with Crippen LogP contribution in [0.15, 0.2) is 47.4 Å². The van der Waals surface area contributed by atoms with Crippen LogP contribution in [0.1, 0.15) is 21.5 Å². The molecule has 0 amide bonds. The van der Waals surface area contributed by atoms with E-state index in [9.17, 15) is 23.3 Å². The van der Waals surface area contributed by atoms with Crippen molar-refractivity contribution in [1.82, 2.24) is 9.21 Å². The van der Waals surface area contributed by atoms with Crippen LogP contribution in [0.3, 0.4) is 0 Å². The summed E-state index contributed by atoms with van der Waals surface area (Å²) in [6.45, 7) is 3.92. The lowest BCUT2D eigenvalue weighted by Crippen LogP contribution is -2.48. The van der Waals surface area contributed by atoms with E-state index in [2.05, 4.69) is 9.64 Å². The van der Waals surface area contributed by atoms with Crippen molar-refractivity contribution in [3.05, 3.63) is 69.3 Å². The summed E-state index contributed by atoms with van der Waals surface area (Å²) in [4.78, 5) is 24.0. The Labute approximate surface area is 175 Å². The van der Waals surface area contributed by atoms with Crippen molar-refractivity contribution in [2.24, 2.45) is 0 Å². The molecule has 0 bridgehead atoms. The fourth-order valence-corrected chi connectivity index (χ4v) is 5.04. The van der Waals surface area contributed by atoms with E-state index < -0.39 is 20.9 Å². The molecular formula is C20H23N3O6S. The number of nitro benzene ring substituents is 1. The number of piperazine rings is 1. The number of benzene rings is 2. The van der Waals surface area contributed by atoms with Gasteiger partial charge in [0, 0.05) is 44.9 Å². The summed E-state index contributed by atoms with van der Waals surface area (Å²) in [7, 11) is -2.48. The molecule has 0 radical (unpaired) electrons. The Morgan fingerprint density at radius 2 is 1.73 bits per heavy atom. The normalized spacial score (nSPS) is 15.7. The number of methoxy groups -OCH3 is 1. The van der Waals surface area contributed by atoms with Gasteiger partial charge in [-0.2, -0.15) is 4.31 Å². The van der Waals surface area contributed by atoms with E-state index in [4.69, 9.17) is 0 Å². The molecule has 160 valence electrons. The molecule has 0 N–H and O–H groups in total. The minimum absolute atomic E-state index is 0.0245. The second kappa shape index (κ2) is 8.90. The lowest BCUT2D eigenvalue weighted by atomic mass is 10.1. The van der Waals surface area contributed by atoms with Gasteiger partial charge in [-0.25, -0.2) is 13.2 Å². The highest BCUT2D eigenvalue weighted by Crippen LogP contribution is 2.25. The molecule has 1 aliphatic rings. The van der Waals surface area contributed by atoms with Crippen LogP contribution in [-0.2, 0) is 21.3 Å². The molecule has 0 unspecified atom stereocenters. The van der Waals surface area contributed by atoms with Gasteiger partial charge in [0.05, 0.1) is 22.5 Å². The number of sulfonamides is 1. The van der Waals surface area contributed by atoms with Gasteiger partial charge in [-0.3, -0.25) is 15.0 Å². The van der Waals surface area contributed by atoms with E-state index in [0.29, 0.717) is 43.9 Å². The Morgan fingerprint density at radius 3 is 2.30 bits per heavy atom. The van der Waals surface area contributed by atoms with Crippen LogP contribution < -0.4 is 0 Å². The molecule has 1 aliphatic heterocycles. The highest BCUT2D eigenvalue weighted by Gasteiger charge is 2.30. The first kappa shape index (κ1) is 21.9. The smallest absolute Gasteiger partial charge is 0.337 e. The molecule has 30 heavy (non-hydrogen) atoms. The third kappa shape index (κ3) is 4.66. The predicted octanol–water partition coefficient (Wildman–Crippen LogP) is 2.20. The first-order valence-electron chi connectivity index (χ1n) is 9.37. The van der Waals surface area contributed by atoms with Crippen LogP contribution in [0.4, 0.5) is 5.69 Å². The summed E-state index contributed by atoms with van der Waals surface area (Å²) in [5.74, 6) is -0.392. The van der Waals surface area contributed by atoms with E-state index >= 15 is 0 Å². The largest absolute Gasteiger partial charge is 0.465 e. The zero-order chi connectivity index (χ0) is 21.9. The molecule has 0 saturated carbocycles. The highest BCUT2D eigenvalue weighted by atomic mass is 32.2. The van der Waals surface area contributed by atoms with Crippen LogP contribution in [0.5, 0.6) is 0 Å². The van der Waals surface area contributed by atoms with E-state index in [1.165, 1.54) is 23.5 Å². The third-order valence-corrected chi connectivity index (χ3v) is 7.15. The molecule has 2 aromatic rings. The topological polar surface area (TPSA) is 110 Å². The molecule has 3 rings (SSSR count). The number of rotatable bonds is 6. The molecule has 0 spiro atoms. The minimum Gasteiger partial charge on any atom is -0.465 e. The fourth-order valence-electron chi connectivity index (χ4n) is 3.37. The SMILES string of the molecule is COC(=O)c1ccc(CN2CCN(S(=O)(=O)c3cc([N+](=O)[O-])ccc3C)CC2)cc1. The lowest BCUT2D eigenvalue weighted by Gasteiger charge is -2.34. The average Bonchev–Trinajstić information content (AvgIpc) is 2.74. The maximum Gasteiger partial charge on any atom is 0.337 e. The average molecular weight is 433 g/mol. The van der Waals surface area contributed by atoms with Crippen LogP contribution in [0, 0.1) is 17.0 Å². The van der Waals surface area contributed by atoms with Gasteiger partial charge in [-0.1, -0.05) is 18.2 Å². The number of nitro groups is 1. The van der Waals surface area contributed by atoms with Gasteiger partial charge in [0.15, 0.2) is 0 Å². The van der Waals surface area contributed by atoms with Crippen molar-refractivity contribution in [2.45, 2.75) is 18.4 Å². The number of carbonyl (C=O) groups is 1. The monoisotopic (exact) mass is 433 g/mol. The molecule has 1 saturated heterocycles. The molecule has 1 fully saturated rings. The summed E-state index contributed by atoms with van der Waals surface area (Å²) < 4.78 is 32.1. The standard InChI is InChI=1S/C20H23N3O6S/c1-15-3-8-18(23(25)26)13-19(15)30(27,28)22-11-9-21(10-12-22)14-16-4-6-17(7-5-16)20(24)29-2/h3-8,13H,9-12,14H2,1-2H3. The zero-order valence-electron chi connectivity index (χ0n) is 16.8. The summed E-state index contributed by atoms with van der Waals surface area (Å²) in [5, 5.41) is 11.0. The number of ether oxygens (including phenoxy) is 1. The van der Waals surface area contributed by atoms with Crippen molar-refractivity contribution in [2.75, 3.05) is 33.3 Å². The zero-order valence-corrected chi connectivity index (χ0v) is 17.6. The Hall–Kier alpha value is -2.82. The summed E-state index contributed by atoms with van der Waals surface area (Å²) >= 11 is 0. The van der Waals surface area contributed by atoms with E-state index in [0.717, 1.165) is 11.6 Å². The molecule has 2 aromatic carbocycles. The second-order valence-corrected chi connectivity index (χ2v) is 8.98. The van der Waals surface area contributed by atoms with Crippen molar-refractivity contribution in [3.8, 4) is 0 Å². The maximum atomic E-state index is 13.0. The van der Waals surface area contributed by atoms with Gasteiger partial charge in [0.25, 0.3) is 5.69 Å². The van der Waals surface area contributed by atoms with Gasteiger partial charge in [-0.15, -0.1) is 0 Å². The number of aryl methyl sites for hydroxylation is 1. The summed E-state index contributed by atoms with van der Waals surface area (Å²) in [6, 6.07) is 11.0. The molecule has 0 atom stereocenters. The number of nitrogens with zero attached hydrogens (tertiary/aromatic N) is 3. The number of esters is 1. The minimum atomic E-state index is -3.81. The van der Waals surface area contributed by atoms with Gasteiger partial charge < -0.3 is 4.74 Å². The first-order chi connectivity index (χ1) is 14.2. The fraction of sp³-hybridized carbons (Fsp3) is 0.350. The number of hydrogen-bond donors (Lipinski definition) is 0. The van der Waals surface area contributed by atoms with Crippen molar-refractivity contribution in [1.29, 1.82) is 0 Å². The number of non-ortho nitro benzene ring substituents is 1. The molecule has 10 heteroatoms. The van der Waals surface area contributed by atoms with E-state index in [1.807, 2.05) is 12.1 Å². The van der Waals surface area contributed by atoms with Crippen molar-refractivity contribution in [3.63, 3.8) is 0 Å². The molecule has 0 aliphatic carbocycles. The molecule has 0 aromatic heterocycles. The van der Waals surface area contributed by atoms with Crippen molar-refractivity contribution < 1.29 is 22.9 Å². The lowest BCUT2D eigenvalue weighted by molar-refractivity contribution is -0.385. The Morgan fingerprint density at radius 1 is 1.10 bits per heavy atom. The maximum absolute atomic E-state index is 13.0. The Kier molecular flexibility index (Phi) is 6.49. The van der Waals surface area contributed by atoms with Crippen molar-refractivity contribution >= 4 is 21.7 Å². The van der Waals surface area contributed by atoms with Crippen LogP contribution >= 0.6 is 0 Å². The summed E-state index contributed by atoms with van der Waals surface area (Å²) in [6.07, 6.45) is 0. The Bertz CT molecular complexity index is 1040. The highest BCUT2D eigenvalue weighted by molar-refractivity contribution is 7.89. The van der Waals surface area contributed by atoms with Gasteiger partial charge in [0.1, 0.15) is 0 Å². The Balaban J connectivity index is 1.66. The molecule has 9 nitrogen and oxygen atoms in total. The van der Waals surface area contributed by atoms with Gasteiger partial charge in [0.2, 0.25) is 10.0 Å². The molecule has 1 heterocycles. The number of hydrogen-bond acceptors (Lipinski definition) is 7. The van der Waals surface area contributed by atoms with Crippen LogP contribution in [-0.4, -0.2) is 61.8 Å². The quantitative estimate of drug-likeness (QED) is 0.390. The van der Waals surface area contributed by atoms with E-state index in [1.54, 1.807) is 19.1 Å². The number of carbonyl (C=O) groups excluding carboxylic acids is 1. The third-order valence-electron chi connectivity index (χ3n) is 5.11. The summed E-state index contributed by atoms with van der Waals surface area (Å²) in [5.41, 5.74) is 1.72. The van der Waals surface area contributed by atoms with E-state index in [-0.39, 0.29) is 10.6 Å². The van der Waals surface area contributed by atoms with Gasteiger partial charge >= 0.3 is 5.97 Å². The van der Waals surface area contributed by atoms with Crippen LogP contribution in [0.2, 0.25) is 0 Å². The van der Waals surface area contributed by atoms with Gasteiger partial charge in [-0.05, 0) is 30.2 Å². The molecular weight excluding hydrogens is 410 g/mol. The first-order valence-corrected chi connectivity index (χ1v) is 10.8.